The van der Waals surface area contributed by atoms with E-state index in [0.29, 0.717) is 0 Å². The van der Waals surface area contributed by atoms with Gasteiger partial charge in [0.1, 0.15) is 0 Å². The van der Waals surface area contributed by atoms with E-state index in [1.165, 1.54) is 88.5 Å². The monoisotopic (exact) mass is 890 g/mol. The predicted octanol–water partition coefficient (Wildman–Crippen LogP) is 16.0. The number of fused-ring (bicyclic) bond motifs is 2. The molecule has 0 fully saturated rings. The number of benzene rings is 9. The third-order valence-corrected chi connectivity index (χ3v) is 13.7. The van der Waals surface area contributed by atoms with Gasteiger partial charge < -0.3 is 9.47 Å². The molecule has 2 nitrogen and oxygen atoms in total. The zero-order chi connectivity index (χ0) is 47.4. The highest BCUT2D eigenvalue weighted by Crippen LogP contribution is 2.37. The first kappa shape index (κ1) is 44.6. The van der Waals surface area contributed by atoms with Crippen LogP contribution < -0.4 is 15.3 Å². The largest absolute Gasteiger partial charge is 0.316 e. The number of hydrogen-bond acceptors (Lipinski definition) is 1. The average Bonchev–Trinajstić information content (AvgIpc) is 3.76. The number of hydrogen-bond donors (Lipinski definition) is 0. The molecule has 0 bridgehead atoms. The van der Waals surface area contributed by atoms with Crippen molar-refractivity contribution in [3.63, 3.8) is 0 Å². The van der Waals surface area contributed by atoms with Gasteiger partial charge in [-0.2, -0.15) is 0 Å². The molecule has 0 saturated carbocycles. The summed E-state index contributed by atoms with van der Waals surface area (Å²) in [4.78, 5) is 2.39. The SMILES string of the molecule is C=c1cccc/c1=C(\c1ccc2ccccc2c1)c1ccccc1C/C(=C(C)/C=C(\C)N(c1ccccc1)c1ccc(-n2cc(CC)c3cc(-c4ccccc4)ccc32)cc1)c1cc(C)ccc1C. The summed E-state index contributed by atoms with van der Waals surface area (Å²) in [6.45, 7) is 15.8. The molecule has 69 heavy (non-hydrogen) atoms. The fourth-order valence-corrected chi connectivity index (χ4v) is 10.1. The number of nitrogens with zero attached hydrogens (tertiary/aromatic N) is 2. The van der Waals surface area contributed by atoms with E-state index in [2.05, 4.69) is 275 Å². The van der Waals surface area contributed by atoms with Crippen molar-refractivity contribution in [3.8, 4) is 16.8 Å². The number of para-hydroxylation sites is 1. The van der Waals surface area contributed by atoms with Crippen LogP contribution in [0.1, 0.15) is 59.7 Å². The molecule has 0 aliphatic carbocycles. The van der Waals surface area contributed by atoms with Gasteiger partial charge in [0.15, 0.2) is 0 Å². The van der Waals surface area contributed by atoms with Crippen LogP contribution in [0.2, 0.25) is 0 Å². The second-order valence-corrected chi connectivity index (χ2v) is 18.4. The van der Waals surface area contributed by atoms with Gasteiger partial charge in [-0.25, -0.2) is 0 Å². The Morgan fingerprint density at radius 3 is 2.01 bits per heavy atom. The van der Waals surface area contributed by atoms with Gasteiger partial charge in [0.05, 0.1) is 5.52 Å². The normalized spacial score (nSPS) is 12.6. The van der Waals surface area contributed by atoms with Crippen molar-refractivity contribution in [2.24, 2.45) is 0 Å². The highest BCUT2D eigenvalue weighted by atomic mass is 15.1. The summed E-state index contributed by atoms with van der Waals surface area (Å²) in [6.07, 6.45) is 6.40. The lowest BCUT2D eigenvalue weighted by Crippen LogP contribution is -2.26. The van der Waals surface area contributed by atoms with E-state index < -0.39 is 0 Å². The third-order valence-electron chi connectivity index (χ3n) is 13.7. The zero-order valence-electron chi connectivity index (χ0n) is 40.4. The molecule has 10 rings (SSSR count). The minimum absolute atomic E-state index is 0.740. The molecule has 0 spiro atoms. The summed E-state index contributed by atoms with van der Waals surface area (Å²) in [5.41, 5.74) is 20.7. The molecule has 0 radical (unpaired) electrons. The molecular weight excluding hydrogens is 833 g/mol. The Kier molecular flexibility index (Phi) is 12.7. The molecule has 0 amide bonds. The predicted molar refractivity (Wildman–Crippen MR) is 296 cm³/mol. The van der Waals surface area contributed by atoms with E-state index in [0.717, 1.165) is 46.0 Å². The first-order chi connectivity index (χ1) is 33.7. The van der Waals surface area contributed by atoms with Gasteiger partial charge in [-0.05, 0) is 184 Å². The molecule has 0 aliphatic heterocycles. The van der Waals surface area contributed by atoms with Crippen molar-refractivity contribution < 1.29 is 0 Å². The highest BCUT2D eigenvalue weighted by Gasteiger charge is 2.19. The van der Waals surface area contributed by atoms with Crippen LogP contribution in [-0.2, 0) is 12.8 Å². The topological polar surface area (TPSA) is 8.17 Å². The van der Waals surface area contributed by atoms with E-state index >= 15 is 0 Å². The van der Waals surface area contributed by atoms with Crippen LogP contribution in [0.3, 0.4) is 0 Å². The molecule has 0 unspecified atom stereocenters. The van der Waals surface area contributed by atoms with Gasteiger partial charge >= 0.3 is 0 Å². The van der Waals surface area contributed by atoms with Crippen LogP contribution in [-0.4, -0.2) is 4.57 Å². The van der Waals surface area contributed by atoms with Gasteiger partial charge in [0.2, 0.25) is 0 Å². The lowest BCUT2D eigenvalue weighted by molar-refractivity contribution is 1.08. The first-order valence-electron chi connectivity index (χ1n) is 24.2. The summed E-state index contributed by atoms with van der Waals surface area (Å²) < 4.78 is 2.35. The van der Waals surface area contributed by atoms with Crippen LogP contribution in [0.25, 0.3) is 56.2 Å². The Morgan fingerprint density at radius 2 is 1.25 bits per heavy atom. The van der Waals surface area contributed by atoms with E-state index in [1.807, 2.05) is 0 Å². The van der Waals surface area contributed by atoms with Crippen LogP contribution in [0.15, 0.2) is 236 Å². The Balaban J connectivity index is 1.08. The second kappa shape index (κ2) is 19.6. The van der Waals surface area contributed by atoms with Crippen LogP contribution in [0.5, 0.6) is 0 Å². The number of aryl methyl sites for hydroxylation is 3. The van der Waals surface area contributed by atoms with Gasteiger partial charge in [0.25, 0.3) is 0 Å². The van der Waals surface area contributed by atoms with Crippen molar-refractivity contribution in [1.82, 2.24) is 4.57 Å². The molecule has 1 heterocycles. The summed E-state index contributed by atoms with van der Waals surface area (Å²) in [7, 11) is 0. The lowest BCUT2D eigenvalue weighted by Gasteiger charge is -2.27. The van der Waals surface area contributed by atoms with Crippen molar-refractivity contribution in [2.75, 3.05) is 4.90 Å². The second-order valence-electron chi connectivity index (χ2n) is 18.4. The molecule has 1 aromatic heterocycles. The van der Waals surface area contributed by atoms with E-state index in [9.17, 15) is 0 Å². The molecule has 10 aromatic rings. The summed E-state index contributed by atoms with van der Waals surface area (Å²) in [6, 6.07) is 77.2. The van der Waals surface area contributed by atoms with Crippen molar-refractivity contribution in [3.05, 3.63) is 285 Å². The zero-order valence-corrected chi connectivity index (χ0v) is 40.4. The standard InChI is InChI=1S/C67H58N2/c1-7-51-45-68(66-39-34-55(43-65(51)66)52-21-10-8-11-22-52)58-35-37-60(38-36-58)69(59-26-12-9-13-27-59)50(6)41-49(5)64(63-40-46(2)30-31-48(63)4)44-56-25-17-19-29-62(56)67(61-28-18-14-20-47(61)3)57-33-32-53-23-15-16-24-54(53)42-57/h8-43,45H,3,7,44H2,1-2,4-6H3/b50-41+,64-49-,67-61-. The smallest absolute Gasteiger partial charge is 0.0531 e. The minimum atomic E-state index is 0.740. The fourth-order valence-electron chi connectivity index (χ4n) is 10.1. The molecule has 0 aliphatic rings. The van der Waals surface area contributed by atoms with Gasteiger partial charge in [-0.1, -0.05) is 177 Å². The molecule has 0 saturated heterocycles. The Labute approximate surface area is 407 Å². The average molecular weight is 891 g/mol. The van der Waals surface area contributed by atoms with Gasteiger partial charge in [0, 0.05) is 34.3 Å². The Morgan fingerprint density at radius 1 is 0.565 bits per heavy atom. The number of anilines is 2. The maximum Gasteiger partial charge on any atom is 0.0531 e. The number of allylic oxidation sites excluding steroid dienone is 4. The number of rotatable bonds is 12. The minimum Gasteiger partial charge on any atom is -0.316 e. The molecule has 0 atom stereocenters. The van der Waals surface area contributed by atoms with Crippen molar-refractivity contribution in [1.29, 1.82) is 0 Å². The molecule has 0 N–H and O–H groups in total. The maximum atomic E-state index is 4.55. The summed E-state index contributed by atoms with van der Waals surface area (Å²) >= 11 is 0. The Bertz CT molecular complexity index is 3660. The van der Waals surface area contributed by atoms with Gasteiger partial charge in [-0.3, -0.25) is 0 Å². The molecular formula is C67H58N2. The van der Waals surface area contributed by atoms with Crippen molar-refractivity contribution >= 4 is 50.8 Å². The third kappa shape index (κ3) is 9.15. The first-order valence-corrected chi connectivity index (χ1v) is 24.2. The summed E-state index contributed by atoms with van der Waals surface area (Å²) in [5, 5.41) is 5.90. The van der Waals surface area contributed by atoms with E-state index in [-0.39, 0.29) is 0 Å². The van der Waals surface area contributed by atoms with E-state index in [1.54, 1.807) is 0 Å². The fraction of sp³-hybridized carbons (Fsp3) is 0.104. The lowest BCUT2D eigenvalue weighted by atomic mass is 9.85. The summed E-state index contributed by atoms with van der Waals surface area (Å²) in [5.74, 6) is 0. The van der Waals surface area contributed by atoms with Crippen LogP contribution in [0, 0.1) is 13.8 Å². The Hall–Kier alpha value is -8.20. The highest BCUT2D eigenvalue weighted by molar-refractivity contribution is 5.92. The van der Waals surface area contributed by atoms with Crippen molar-refractivity contribution in [2.45, 2.75) is 47.5 Å². The maximum absolute atomic E-state index is 4.55. The molecule has 336 valence electrons. The van der Waals surface area contributed by atoms with Gasteiger partial charge in [-0.15, -0.1) is 0 Å². The molecule has 2 heteroatoms. The van der Waals surface area contributed by atoms with Crippen LogP contribution in [0.4, 0.5) is 11.4 Å². The quantitative estimate of drug-likeness (QED) is 0.111. The van der Waals surface area contributed by atoms with E-state index in [4.69, 9.17) is 0 Å². The number of aromatic nitrogens is 1. The van der Waals surface area contributed by atoms with Crippen LogP contribution >= 0.6 is 0 Å². The molecule has 9 aromatic carbocycles.